The number of sulfonamides is 1. The van der Waals surface area contributed by atoms with Gasteiger partial charge in [-0.3, -0.25) is 9.88 Å². The molecule has 1 saturated heterocycles. The van der Waals surface area contributed by atoms with Crippen LogP contribution in [0.5, 0.6) is 0 Å². The van der Waals surface area contributed by atoms with E-state index in [9.17, 15) is 8.42 Å². The van der Waals surface area contributed by atoms with Crippen molar-refractivity contribution in [1.82, 2.24) is 14.6 Å². The Bertz CT molecular complexity index is 567. The van der Waals surface area contributed by atoms with Crippen molar-refractivity contribution >= 4 is 10.0 Å². The van der Waals surface area contributed by atoms with Gasteiger partial charge in [-0.25, -0.2) is 13.1 Å². The first-order valence-corrected chi connectivity index (χ1v) is 8.92. The van der Waals surface area contributed by atoms with Crippen molar-refractivity contribution in [2.75, 3.05) is 19.3 Å². The zero-order valence-electron chi connectivity index (χ0n) is 11.7. The average Bonchev–Trinajstić information content (AvgIpc) is 2.72. The molecule has 2 aliphatic rings. The Hall–Kier alpha value is -0.980. The van der Waals surface area contributed by atoms with Gasteiger partial charge < -0.3 is 0 Å². The molecule has 5 nitrogen and oxygen atoms in total. The molecule has 1 aliphatic heterocycles. The Labute approximate surface area is 120 Å². The molecule has 2 fully saturated rings. The number of pyridine rings is 1. The second kappa shape index (κ2) is 5.09. The molecule has 0 bridgehead atoms. The summed E-state index contributed by atoms with van der Waals surface area (Å²) in [5.74, 6) is 0. The molecule has 0 amide bonds. The zero-order valence-corrected chi connectivity index (χ0v) is 12.6. The molecule has 1 aromatic rings. The Morgan fingerprint density at radius 1 is 1.40 bits per heavy atom. The van der Waals surface area contributed by atoms with Crippen molar-refractivity contribution in [3.63, 3.8) is 0 Å². The van der Waals surface area contributed by atoms with Gasteiger partial charge in [0, 0.05) is 31.5 Å². The zero-order chi connectivity index (χ0) is 14.2. The molecule has 110 valence electrons. The third-order valence-corrected chi connectivity index (χ3v) is 5.17. The van der Waals surface area contributed by atoms with Gasteiger partial charge in [0.1, 0.15) is 0 Å². The fraction of sp³-hybridized carbons (Fsp3) is 0.643. The summed E-state index contributed by atoms with van der Waals surface area (Å²) in [6.07, 6.45) is 8.04. The SMILES string of the molecule is CS(=O)(=O)NC1CC2(CCN(Cc3ccncc3)C2)C1. The highest BCUT2D eigenvalue weighted by atomic mass is 32.2. The summed E-state index contributed by atoms with van der Waals surface area (Å²) in [7, 11) is -3.06. The summed E-state index contributed by atoms with van der Waals surface area (Å²) in [5.41, 5.74) is 1.64. The largest absolute Gasteiger partial charge is 0.299 e. The van der Waals surface area contributed by atoms with Crippen LogP contribution >= 0.6 is 0 Å². The van der Waals surface area contributed by atoms with Crippen LogP contribution < -0.4 is 4.72 Å². The molecule has 1 saturated carbocycles. The van der Waals surface area contributed by atoms with Crippen molar-refractivity contribution in [3.8, 4) is 0 Å². The maximum Gasteiger partial charge on any atom is 0.208 e. The van der Waals surface area contributed by atoms with Crippen LogP contribution in [0, 0.1) is 5.41 Å². The number of nitrogens with one attached hydrogen (secondary N) is 1. The Morgan fingerprint density at radius 3 is 2.75 bits per heavy atom. The third-order valence-electron chi connectivity index (χ3n) is 4.41. The van der Waals surface area contributed by atoms with E-state index in [1.165, 1.54) is 18.2 Å². The molecule has 0 unspecified atom stereocenters. The molecule has 0 radical (unpaired) electrons. The lowest BCUT2D eigenvalue weighted by atomic mass is 9.65. The topological polar surface area (TPSA) is 62.3 Å². The average molecular weight is 295 g/mol. The highest BCUT2D eigenvalue weighted by molar-refractivity contribution is 7.88. The minimum absolute atomic E-state index is 0.144. The van der Waals surface area contributed by atoms with E-state index in [2.05, 4.69) is 26.7 Å². The van der Waals surface area contributed by atoms with Crippen molar-refractivity contribution in [2.24, 2.45) is 5.41 Å². The van der Waals surface area contributed by atoms with E-state index in [4.69, 9.17) is 0 Å². The molecule has 1 spiro atoms. The van der Waals surface area contributed by atoms with Gasteiger partial charge in [0.15, 0.2) is 0 Å². The molecule has 0 atom stereocenters. The third kappa shape index (κ3) is 3.19. The van der Waals surface area contributed by atoms with Crippen LogP contribution in [0.15, 0.2) is 24.5 Å². The summed E-state index contributed by atoms with van der Waals surface area (Å²) in [6.45, 7) is 3.15. The summed E-state index contributed by atoms with van der Waals surface area (Å²) in [6, 6.07) is 4.26. The van der Waals surface area contributed by atoms with Gasteiger partial charge in [0.2, 0.25) is 10.0 Å². The molecule has 1 aromatic heterocycles. The molecule has 20 heavy (non-hydrogen) atoms. The van der Waals surface area contributed by atoms with Crippen LogP contribution in [0.1, 0.15) is 24.8 Å². The van der Waals surface area contributed by atoms with E-state index in [1.807, 2.05) is 12.4 Å². The number of hydrogen-bond donors (Lipinski definition) is 1. The number of aromatic nitrogens is 1. The summed E-state index contributed by atoms with van der Waals surface area (Å²) >= 11 is 0. The number of hydrogen-bond acceptors (Lipinski definition) is 4. The van der Waals surface area contributed by atoms with Crippen LogP contribution in [0.3, 0.4) is 0 Å². The fourth-order valence-corrected chi connectivity index (χ4v) is 4.39. The quantitative estimate of drug-likeness (QED) is 0.899. The van der Waals surface area contributed by atoms with E-state index in [-0.39, 0.29) is 6.04 Å². The van der Waals surface area contributed by atoms with Gasteiger partial charge in [0.25, 0.3) is 0 Å². The highest BCUT2D eigenvalue weighted by Gasteiger charge is 2.48. The summed E-state index contributed by atoms with van der Waals surface area (Å²) in [4.78, 5) is 6.50. The molecule has 0 aromatic carbocycles. The van der Waals surface area contributed by atoms with Crippen LogP contribution in [-0.4, -0.2) is 43.7 Å². The van der Waals surface area contributed by atoms with Gasteiger partial charge in [0.05, 0.1) is 6.26 Å². The molecule has 2 heterocycles. The molecule has 6 heteroatoms. The van der Waals surface area contributed by atoms with Gasteiger partial charge in [-0.1, -0.05) is 0 Å². The van der Waals surface area contributed by atoms with E-state index < -0.39 is 10.0 Å². The first kappa shape index (κ1) is 14.0. The predicted molar refractivity (Wildman–Crippen MR) is 77.6 cm³/mol. The lowest BCUT2D eigenvalue weighted by molar-refractivity contribution is 0.101. The van der Waals surface area contributed by atoms with Gasteiger partial charge in [-0.15, -0.1) is 0 Å². The van der Waals surface area contributed by atoms with Crippen molar-refractivity contribution < 1.29 is 8.42 Å². The maximum atomic E-state index is 11.2. The van der Waals surface area contributed by atoms with Gasteiger partial charge in [-0.05, 0) is 48.9 Å². The minimum Gasteiger partial charge on any atom is -0.299 e. The molecule has 1 N–H and O–H groups in total. The highest BCUT2D eigenvalue weighted by Crippen LogP contribution is 2.48. The fourth-order valence-electron chi connectivity index (χ4n) is 3.61. The van der Waals surface area contributed by atoms with Crippen molar-refractivity contribution in [3.05, 3.63) is 30.1 Å². The van der Waals surface area contributed by atoms with Crippen LogP contribution in [0.25, 0.3) is 0 Å². The standard InChI is InChI=1S/C14H21N3O2S/c1-20(18,19)16-13-8-14(9-13)4-7-17(11-14)10-12-2-5-15-6-3-12/h2-3,5-6,13,16H,4,7-11H2,1H3. The van der Waals surface area contributed by atoms with Crippen LogP contribution in [-0.2, 0) is 16.6 Å². The van der Waals surface area contributed by atoms with E-state index in [0.29, 0.717) is 5.41 Å². The number of rotatable bonds is 4. The summed E-state index contributed by atoms with van der Waals surface area (Å²) < 4.78 is 25.1. The molecular weight excluding hydrogens is 274 g/mol. The Balaban J connectivity index is 1.51. The minimum atomic E-state index is -3.06. The lowest BCUT2D eigenvalue weighted by Crippen LogP contribution is -2.51. The molecule has 3 rings (SSSR count). The first-order valence-electron chi connectivity index (χ1n) is 7.03. The Morgan fingerprint density at radius 2 is 2.10 bits per heavy atom. The second-order valence-electron chi connectivity index (χ2n) is 6.31. The predicted octanol–water partition coefficient (Wildman–Crippen LogP) is 0.985. The van der Waals surface area contributed by atoms with Gasteiger partial charge >= 0.3 is 0 Å². The van der Waals surface area contributed by atoms with Crippen molar-refractivity contribution in [2.45, 2.75) is 31.8 Å². The number of likely N-dealkylation sites (tertiary alicyclic amines) is 1. The summed E-state index contributed by atoms with van der Waals surface area (Å²) in [5, 5.41) is 0. The normalized spacial score (nSPS) is 30.6. The lowest BCUT2D eigenvalue weighted by Gasteiger charge is -2.45. The molecule has 1 aliphatic carbocycles. The number of nitrogens with zero attached hydrogens (tertiary/aromatic N) is 2. The first-order chi connectivity index (χ1) is 9.44. The van der Waals surface area contributed by atoms with E-state index in [1.54, 1.807) is 0 Å². The van der Waals surface area contributed by atoms with Crippen molar-refractivity contribution in [1.29, 1.82) is 0 Å². The molecular formula is C14H21N3O2S. The maximum absolute atomic E-state index is 11.2. The second-order valence-corrected chi connectivity index (χ2v) is 8.09. The van der Waals surface area contributed by atoms with Crippen LogP contribution in [0.4, 0.5) is 0 Å². The van der Waals surface area contributed by atoms with E-state index >= 15 is 0 Å². The van der Waals surface area contributed by atoms with Gasteiger partial charge in [-0.2, -0.15) is 0 Å². The van der Waals surface area contributed by atoms with Crippen LogP contribution in [0.2, 0.25) is 0 Å². The Kier molecular flexibility index (Phi) is 3.56. The monoisotopic (exact) mass is 295 g/mol. The smallest absolute Gasteiger partial charge is 0.208 e. The van der Waals surface area contributed by atoms with E-state index in [0.717, 1.165) is 32.5 Å².